The van der Waals surface area contributed by atoms with E-state index in [4.69, 9.17) is 4.74 Å². The molecule has 1 unspecified atom stereocenters. The highest BCUT2D eigenvalue weighted by molar-refractivity contribution is 7.98. The van der Waals surface area contributed by atoms with Gasteiger partial charge in [0.25, 0.3) is 0 Å². The maximum Gasteiger partial charge on any atom is 0.241 e. The van der Waals surface area contributed by atoms with Crippen LogP contribution in [0.2, 0.25) is 0 Å². The van der Waals surface area contributed by atoms with Crippen LogP contribution in [0.1, 0.15) is 18.4 Å². The quantitative estimate of drug-likeness (QED) is 0.433. The lowest BCUT2D eigenvalue weighted by molar-refractivity contribution is -0.122. The lowest BCUT2D eigenvalue weighted by atomic mass is 10.2. The zero-order chi connectivity index (χ0) is 21.7. The van der Waals surface area contributed by atoms with Crippen molar-refractivity contribution in [2.45, 2.75) is 30.2 Å². The molecule has 2 aromatic carbocycles. The summed E-state index contributed by atoms with van der Waals surface area (Å²) in [6.45, 7) is 1.61. The van der Waals surface area contributed by atoms with Crippen LogP contribution in [0.15, 0.2) is 65.6 Å². The zero-order valence-corrected chi connectivity index (χ0v) is 18.9. The predicted octanol–water partition coefficient (Wildman–Crippen LogP) is 2.85. The highest BCUT2D eigenvalue weighted by atomic mass is 32.2. The summed E-state index contributed by atoms with van der Waals surface area (Å²) >= 11 is 1.57. The third kappa shape index (κ3) is 8.87. The van der Waals surface area contributed by atoms with E-state index in [1.54, 1.807) is 30.0 Å². The van der Waals surface area contributed by atoms with Crippen molar-refractivity contribution < 1.29 is 17.9 Å². The molecule has 1 amide bonds. The van der Waals surface area contributed by atoms with Gasteiger partial charge < -0.3 is 10.1 Å². The Morgan fingerprint density at radius 1 is 1.03 bits per heavy atom. The predicted molar refractivity (Wildman–Crippen MR) is 122 cm³/mol. The largest absolute Gasteiger partial charge is 0.381 e. The molecular formula is C22H30N2O4S2. The van der Waals surface area contributed by atoms with Gasteiger partial charge in [0, 0.05) is 13.2 Å². The Balaban J connectivity index is 1.73. The standard InChI is InChI=1S/C22H30N2O4S2/c1-29-18-14-21(24-30(26,27)20-11-6-3-7-12-20)22(25)23-15-8-16-28-17-13-19-9-4-2-5-10-19/h2-7,9-12,21,24H,8,13-18H2,1H3,(H,23,25). The first-order valence-corrected chi connectivity index (χ1v) is 12.9. The molecule has 2 rings (SSSR count). The molecule has 6 nitrogen and oxygen atoms in total. The normalized spacial score (nSPS) is 12.4. The third-order valence-corrected chi connectivity index (χ3v) is 6.55. The number of nitrogens with one attached hydrogen (secondary N) is 2. The van der Waals surface area contributed by atoms with Crippen LogP contribution in [0, 0.1) is 0 Å². The summed E-state index contributed by atoms with van der Waals surface area (Å²) in [4.78, 5) is 12.7. The van der Waals surface area contributed by atoms with Crippen LogP contribution in [0.3, 0.4) is 0 Å². The number of carbonyl (C=O) groups excluding carboxylic acids is 1. The summed E-state index contributed by atoms with van der Waals surface area (Å²) in [6.07, 6.45) is 3.87. The van der Waals surface area contributed by atoms with Crippen LogP contribution in [0.4, 0.5) is 0 Å². The Morgan fingerprint density at radius 3 is 2.37 bits per heavy atom. The number of rotatable bonds is 14. The molecule has 0 saturated carbocycles. The van der Waals surface area contributed by atoms with Crippen LogP contribution < -0.4 is 10.0 Å². The summed E-state index contributed by atoms with van der Waals surface area (Å²) in [5, 5.41) is 2.82. The molecule has 0 saturated heterocycles. The molecule has 0 aliphatic rings. The van der Waals surface area contributed by atoms with Gasteiger partial charge >= 0.3 is 0 Å². The fraction of sp³-hybridized carbons (Fsp3) is 0.409. The number of carbonyl (C=O) groups is 1. The van der Waals surface area contributed by atoms with E-state index < -0.39 is 16.1 Å². The molecule has 0 heterocycles. The summed E-state index contributed by atoms with van der Waals surface area (Å²) in [5.41, 5.74) is 1.23. The van der Waals surface area contributed by atoms with Gasteiger partial charge in [0.05, 0.1) is 11.5 Å². The highest BCUT2D eigenvalue weighted by Gasteiger charge is 2.25. The fourth-order valence-electron chi connectivity index (χ4n) is 2.78. The summed E-state index contributed by atoms with van der Waals surface area (Å²) in [6, 6.07) is 17.4. The Morgan fingerprint density at radius 2 is 1.70 bits per heavy atom. The van der Waals surface area contributed by atoms with Crippen molar-refractivity contribution in [2.24, 2.45) is 0 Å². The molecule has 8 heteroatoms. The van der Waals surface area contributed by atoms with E-state index in [0.29, 0.717) is 38.4 Å². The Bertz CT molecular complexity index is 846. The SMILES string of the molecule is CSCCC(NS(=O)(=O)c1ccccc1)C(=O)NCCCOCCc1ccccc1. The molecule has 0 radical (unpaired) electrons. The van der Waals surface area contributed by atoms with Crippen molar-refractivity contribution in [2.75, 3.05) is 31.8 Å². The monoisotopic (exact) mass is 450 g/mol. The molecule has 0 aliphatic carbocycles. The topological polar surface area (TPSA) is 84.5 Å². The third-order valence-electron chi connectivity index (χ3n) is 4.42. The zero-order valence-electron chi connectivity index (χ0n) is 17.3. The second kappa shape index (κ2) is 13.4. The second-order valence-electron chi connectivity index (χ2n) is 6.76. The van der Waals surface area contributed by atoms with Crippen LogP contribution in [-0.4, -0.2) is 52.1 Å². The van der Waals surface area contributed by atoms with Crippen molar-refractivity contribution in [3.8, 4) is 0 Å². The number of hydrogen-bond acceptors (Lipinski definition) is 5. The first-order valence-electron chi connectivity index (χ1n) is 9.98. The average molecular weight is 451 g/mol. The van der Waals surface area contributed by atoms with E-state index in [1.165, 1.54) is 17.7 Å². The van der Waals surface area contributed by atoms with Crippen molar-refractivity contribution >= 4 is 27.7 Å². The summed E-state index contributed by atoms with van der Waals surface area (Å²) in [7, 11) is -3.75. The maximum absolute atomic E-state index is 12.6. The van der Waals surface area contributed by atoms with Gasteiger partial charge in [0.1, 0.15) is 6.04 Å². The Kier molecular flexibility index (Phi) is 10.9. The summed E-state index contributed by atoms with van der Waals surface area (Å²) < 4.78 is 33.3. The van der Waals surface area contributed by atoms with E-state index in [0.717, 1.165) is 6.42 Å². The van der Waals surface area contributed by atoms with Crippen LogP contribution in [0.5, 0.6) is 0 Å². The second-order valence-corrected chi connectivity index (χ2v) is 9.46. The number of thioether (sulfide) groups is 1. The number of hydrogen-bond donors (Lipinski definition) is 2. The minimum atomic E-state index is -3.75. The van der Waals surface area contributed by atoms with Gasteiger partial charge in [-0.15, -0.1) is 0 Å². The highest BCUT2D eigenvalue weighted by Crippen LogP contribution is 2.10. The molecule has 2 aromatic rings. The van der Waals surface area contributed by atoms with Gasteiger partial charge in [-0.1, -0.05) is 48.5 Å². The molecule has 2 N–H and O–H groups in total. The van der Waals surface area contributed by atoms with E-state index in [2.05, 4.69) is 22.2 Å². The van der Waals surface area contributed by atoms with E-state index in [-0.39, 0.29) is 10.8 Å². The maximum atomic E-state index is 12.6. The molecule has 0 bridgehead atoms. The first kappa shape index (κ1) is 24.4. The van der Waals surface area contributed by atoms with Crippen LogP contribution in [0.25, 0.3) is 0 Å². The smallest absolute Gasteiger partial charge is 0.241 e. The minimum absolute atomic E-state index is 0.152. The van der Waals surface area contributed by atoms with Crippen molar-refractivity contribution in [3.63, 3.8) is 0 Å². The molecule has 0 aliphatic heterocycles. The number of amides is 1. The van der Waals surface area contributed by atoms with E-state index in [9.17, 15) is 13.2 Å². The molecule has 1 atom stereocenters. The number of sulfonamides is 1. The van der Waals surface area contributed by atoms with Crippen molar-refractivity contribution in [1.29, 1.82) is 0 Å². The molecule has 30 heavy (non-hydrogen) atoms. The van der Waals surface area contributed by atoms with Gasteiger partial charge in [-0.3, -0.25) is 4.79 Å². The fourth-order valence-corrected chi connectivity index (χ4v) is 4.50. The lowest BCUT2D eigenvalue weighted by Gasteiger charge is -2.18. The molecule has 0 fully saturated rings. The Labute approximate surface area is 183 Å². The molecule has 0 aromatic heterocycles. The van der Waals surface area contributed by atoms with Crippen LogP contribution >= 0.6 is 11.8 Å². The van der Waals surface area contributed by atoms with E-state index in [1.807, 2.05) is 24.5 Å². The number of benzene rings is 2. The summed E-state index contributed by atoms with van der Waals surface area (Å²) in [5.74, 6) is 0.366. The van der Waals surface area contributed by atoms with Gasteiger partial charge in [0.15, 0.2) is 0 Å². The Hall–Kier alpha value is -1.87. The van der Waals surface area contributed by atoms with Gasteiger partial charge in [-0.2, -0.15) is 16.5 Å². The molecule has 164 valence electrons. The number of ether oxygens (including phenoxy) is 1. The van der Waals surface area contributed by atoms with Crippen molar-refractivity contribution in [1.82, 2.24) is 10.0 Å². The van der Waals surface area contributed by atoms with Gasteiger partial charge in [-0.05, 0) is 49.0 Å². The lowest BCUT2D eigenvalue weighted by Crippen LogP contribution is -2.47. The molecular weight excluding hydrogens is 420 g/mol. The average Bonchev–Trinajstić information content (AvgIpc) is 2.77. The molecule has 0 spiro atoms. The van der Waals surface area contributed by atoms with Crippen molar-refractivity contribution in [3.05, 3.63) is 66.2 Å². The minimum Gasteiger partial charge on any atom is -0.381 e. The van der Waals surface area contributed by atoms with E-state index >= 15 is 0 Å². The first-order chi connectivity index (χ1) is 14.5. The van der Waals surface area contributed by atoms with Gasteiger partial charge in [-0.25, -0.2) is 8.42 Å². The van der Waals surface area contributed by atoms with Crippen LogP contribution in [-0.2, 0) is 26.0 Å². The van der Waals surface area contributed by atoms with Gasteiger partial charge in [0.2, 0.25) is 15.9 Å².